The molecular weight excluding hydrogens is 464 g/mol. The number of anilines is 1. The van der Waals surface area contributed by atoms with Gasteiger partial charge in [-0.2, -0.15) is 9.40 Å². The van der Waals surface area contributed by atoms with Gasteiger partial charge in [0.1, 0.15) is 0 Å². The molecule has 172 valence electrons. The first-order chi connectivity index (χ1) is 15.7. The van der Waals surface area contributed by atoms with Crippen molar-refractivity contribution in [3.8, 4) is 5.69 Å². The number of hydrogen-bond donors (Lipinski definition) is 1. The molecule has 0 bridgehead atoms. The Bertz CT molecular complexity index is 1340. The van der Waals surface area contributed by atoms with Gasteiger partial charge in [-0.05, 0) is 61.2 Å². The summed E-state index contributed by atoms with van der Waals surface area (Å²) in [6.07, 6.45) is 3.31. The second kappa shape index (κ2) is 9.46. The first-order valence-electron chi connectivity index (χ1n) is 10.5. The molecule has 1 unspecified atom stereocenters. The van der Waals surface area contributed by atoms with Crippen LogP contribution in [-0.4, -0.2) is 41.5 Å². The predicted molar refractivity (Wildman–Crippen MR) is 126 cm³/mol. The van der Waals surface area contributed by atoms with Crippen molar-refractivity contribution in [2.45, 2.75) is 24.7 Å². The van der Waals surface area contributed by atoms with E-state index in [0.717, 1.165) is 12.8 Å². The summed E-state index contributed by atoms with van der Waals surface area (Å²) in [6.45, 7) is 3.04. The number of nitrogens with one attached hydrogen (secondary N) is 1. The summed E-state index contributed by atoms with van der Waals surface area (Å²) in [5, 5.41) is 7.23. The molecule has 1 saturated heterocycles. The molecule has 33 heavy (non-hydrogen) atoms. The maximum atomic E-state index is 12.9. The Morgan fingerprint density at radius 2 is 1.91 bits per heavy atom. The van der Waals surface area contributed by atoms with E-state index in [4.69, 9.17) is 11.6 Å². The Kier molecular flexibility index (Phi) is 6.64. The van der Waals surface area contributed by atoms with Crippen LogP contribution in [0.2, 0.25) is 5.02 Å². The summed E-state index contributed by atoms with van der Waals surface area (Å²) in [4.78, 5) is 25.1. The van der Waals surface area contributed by atoms with Gasteiger partial charge >= 0.3 is 0 Å². The Morgan fingerprint density at radius 1 is 1.15 bits per heavy atom. The van der Waals surface area contributed by atoms with Crippen LogP contribution in [0.1, 0.15) is 30.3 Å². The molecule has 8 nitrogen and oxygen atoms in total. The molecule has 1 N–H and O–H groups in total. The highest BCUT2D eigenvalue weighted by Crippen LogP contribution is 2.24. The van der Waals surface area contributed by atoms with Crippen LogP contribution in [0.15, 0.2) is 70.5 Å². The Balaban J connectivity index is 1.52. The van der Waals surface area contributed by atoms with E-state index in [2.05, 4.69) is 10.4 Å². The number of carbonyl (C=O) groups is 1. The zero-order valence-corrected chi connectivity index (χ0v) is 19.5. The summed E-state index contributed by atoms with van der Waals surface area (Å²) < 4.78 is 28.7. The van der Waals surface area contributed by atoms with Gasteiger partial charge in [-0.15, -0.1) is 0 Å². The molecule has 2 aromatic carbocycles. The lowest BCUT2D eigenvalue weighted by Crippen LogP contribution is -2.39. The maximum absolute atomic E-state index is 12.9. The molecule has 0 aliphatic carbocycles. The number of hydrogen-bond acceptors (Lipinski definition) is 5. The van der Waals surface area contributed by atoms with Crippen molar-refractivity contribution in [3.63, 3.8) is 0 Å². The van der Waals surface area contributed by atoms with Crippen LogP contribution < -0.4 is 10.7 Å². The molecule has 1 atom stereocenters. The molecule has 0 spiro atoms. The lowest BCUT2D eigenvalue weighted by Gasteiger charge is -2.30. The van der Waals surface area contributed by atoms with Gasteiger partial charge in [0.15, 0.2) is 5.69 Å². The van der Waals surface area contributed by atoms with E-state index in [1.165, 1.54) is 45.5 Å². The molecule has 2 heterocycles. The van der Waals surface area contributed by atoms with Gasteiger partial charge < -0.3 is 5.32 Å². The van der Waals surface area contributed by atoms with E-state index in [0.29, 0.717) is 35.4 Å². The van der Waals surface area contributed by atoms with Crippen LogP contribution in [-0.2, 0) is 10.0 Å². The average Bonchev–Trinajstić information content (AvgIpc) is 2.79. The van der Waals surface area contributed by atoms with Crippen LogP contribution >= 0.6 is 11.6 Å². The quantitative estimate of drug-likeness (QED) is 0.594. The minimum absolute atomic E-state index is 0.163. The van der Waals surface area contributed by atoms with E-state index >= 15 is 0 Å². The van der Waals surface area contributed by atoms with Crippen molar-refractivity contribution in [3.05, 3.63) is 81.7 Å². The van der Waals surface area contributed by atoms with E-state index in [-0.39, 0.29) is 10.6 Å². The summed E-state index contributed by atoms with van der Waals surface area (Å²) in [5.74, 6) is -0.377. The van der Waals surface area contributed by atoms with Gasteiger partial charge in [-0.25, -0.2) is 13.1 Å². The number of sulfonamides is 1. The molecule has 10 heteroatoms. The van der Waals surface area contributed by atoms with Crippen LogP contribution in [0.3, 0.4) is 0 Å². The summed E-state index contributed by atoms with van der Waals surface area (Å²) in [7, 11) is -3.59. The van der Waals surface area contributed by atoms with E-state index in [9.17, 15) is 18.0 Å². The zero-order chi connectivity index (χ0) is 23.6. The largest absolute Gasteiger partial charge is 0.320 e. The number of halogens is 1. The van der Waals surface area contributed by atoms with Gasteiger partial charge in [0, 0.05) is 36.1 Å². The molecule has 3 aromatic rings. The van der Waals surface area contributed by atoms with Gasteiger partial charge in [0.25, 0.3) is 5.91 Å². The predicted octanol–water partition coefficient (Wildman–Crippen LogP) is 3.56. The van der Waals surface area contributed by atoms with Crippen molar-refractivity contribution in [1.29, 1.82) is 0 Å². The Morgan fingerprint density at radius 3 is 2.61 bits per heavy atom. The lowest BCUT2D eigenvalue weighted by atomic mass is 10.0. The molecular formula is C23H23ClN4O4S. The number of piperidine rings is 1. The van der Waals surface area contributed by atoms with E-state index in [1.54, 1.807) is 24.3 Å². The molecule has 1 aliphatic rings. The van der Waals surface area contributed by atoms with Gasteiger partial charge in [0.2, 0.25) is 15.5 Å². The minimum Gasteiger partial charge on any atom is -0.320 e. The topological polar surface area (TPSA) is 101 Å². The molecule has 0 radical (unpaired) electrons. The fourth-order valence-corrected chi connectivity index (χ4v) is 5.52. The molecule has 1 amide bonds. The normalized spacial score (nSPS) is 17.0. The maximum Gasteiger partial charge on any atom is 0.280 e. The summed E-state index contributed by atoms with van der Waals surface area (Å²) >= 11 is 6.01. The number of nitrogens with zero attached hydrogens (tertiary/aromatic N) is 3. The van der Waals surface area contributed by atoms with Crippen LogP contribution in [0.5, 0.6) is 0 Å². The first kappa shape index (κ1) is 23.2. The highest BCUT2D eigenvalue weighted by molar-refractivity contribution is 7.89. The summed E-state index contributed by atoms with van der Waals surface area (Å²) in [6, 6.07) is 14.0. The average molecular weight is 487 g/mol. The van der Waals surface area contributed by atoms with Gasteiger partial charge in [-0.3, -0.25) is 9.59 Å². The SMILES string of the molecule is CC1CCCN(S(=O)(=O)c2ccc(NC(=O)c3nn(-c4cccc(Cl)c4)ccc3=O)cc2)C1. The van der Waals surface area contributed by atoms with E-state index in [1.807, 2.05) is 6.92 Å². The number of aromatic nitrogens is 2. The van der Waals surface area contributed by atoms with Crippen molar-refractivity contribution in [2.75, 3.05) is 18.4 Å². The second-order valence-corrected chi connectivity index (χ2v) is 10.4. The summed E-state index contributed by atoms with van der Waals surface area (Å²) in [5.41, 5.74) is 0.115. The number of benzene rings is 2. The van der Waals surface area contributed by atoms with Crippen LogP contribution in [0.25, 0.3) is 5.69 Å². The van der Waals surface area contributed by atoms with Crippen LogP contribution in [0.4, 0.5) is 5.69 Å². The number of carbonyl (C=O) groups excluding carboxylic acids is 1. The third kappa shape index (κ3) is 5.16. The third-order valence-corrected chi connectivity index (χ3v) is 7.58. The first-order valence-corrected chi connectivity index (χ1v) is 12.3. The fraction of sp³-hybridized carbons (Fsp3) is 0.261. The minimum atomic E-state index is -3.59. The highest BCUT2D eigenvalue weighted by atomic mass is 35.5. The molecule has 0 saturated carbocycles. The highest BCUT2D eigenvalue weighted by Gasteiger charge is 2.28. The molecule has 1 aromatic heterocycles. The Hall–Kier alpha value is -3.01. The van der Waals surface area contributed by atoms with Crippen molar-refractivity contribution >= 4 is 33.2 Å². The van der Waals surface area contributed by atoms with Gasteiger partial charge in [-0.1, -0.05) is 24.6 Å². The number of amides is 1. The third-order valence-electron chi connectivity index (χ3n) is 5.47. The lowest BCUT2D eigenvalue weighted by molar-refractivity contribution is 0.101. The monoisotopic (exact) mass is 486 g/mol. The standard InChI is InChI=1S/C23H23ClN4O4S/c1-16-4-3-12-27(15-16)33(31,32)20-9-7-18(8-10-20)25-23(30)22-21(29)11-13-28(26-22)19-6-2-5-17(24)14-19/h2,5-11,13-14,16H,3-4,12,15H2,1H3,(H,25,30). The number of rotatable bonds is 5. The van der Waals surface area contributed by atoms with Crippen LogP contribution in [0, 0.1) is 5.92 Å². The second-order valence-electron chi connectivity index (χ2n) is 8.04. The van der Waals surface area contributed by atoms with Crippen molar-refractivity contribution in [2.24, 2.45) is 5.92 Å². The van der Waals surface area contributed by atoms with Crippen molar-refractivity contribution < 1.29 is 13.2 Å². The molecule has 1 fully saturated rings. The smallest absolute Gasteiger partial charge is 0.280 e. The molecule has 4 rings (SSSR count). The molecule has 1 aliphatic heterocycles. The van der Waals surface area contributed by atoms with E-state index < -0.39 is 21.4 Å². The Labute approximate surface area is 196 Å². The zero-order valence-electron chi connectivity index (χ0n) is 17.9. The van der Waals surface area contributed by atoms with Gasteiger partial charge in [0.05, 0.1) is 10.6 Å². The fourth-order valence-electron chi connectivity index (χ4n) is 3.74. The van der Waals surface area contributed by atoms with Crippen molar-refractivity contribution in [1.82, 2.24) is 14.1 Å².